The highest BCUT2D eigenvalue weighted by molar-refractivity contribution is 8.00. The molecule has 1 aliphatic carbocycles. The molecule has 2 aliphatic rings. The topological polar surface area (TPSA) is 179 Å². The number of alkyl halides is 1. The predicted molar refractivity (Wildman–Crippen MR) is 143 cm³/mol. The molecule has 0 unspecified atom stereocenters. The number of fused-ring (bicyclic) bond motifs is 3. The molecule has 3 aromatic carbocycles. The van der Waals surface area contributed by atoms with Crippen LogP contribution in [0.5, 0.6) is 0 Å². The second-order valence-corrected chi connectivity index (χ2v) is 11.0. The number of aromatic carboxylic acids is 1. The van der Waals surface area contributed by atoms with Gasteiger partial charge in [-0.2, -0.15) is 0 Å². The van der Waals surface area contributed by atoms with Crippen molar-refractivity contribution in [2.24, 2.45) is 5.92 Å². The second kappa shape index (κ2) is 10.2. The number of hydrogen-bond acceptors (Lipinski definition) is 9. The molecule has 12 nitrogen and oxygen atoms in total. The van der Waals surface area contributed by atoms with Crippen molar-refractivity contribution in [2.45, 2.75) is 33.9 Å². The zero-order valence-electron chi connectivity index (χ0n) is 19.8. The summed E-state index contributed by atoms with van der Waals surface area (Å²) in [6, 6.07) is 13.7. The number of hydrogen-bond donors (Lipinski definition) is 2. The first kappa shape index (κ1) is 26.4. The van der Waals surface area contributed by atoms with E-state index in [1.165, 1.54) is 30.0 Å². The van der Waals surface area contributed by atoms with E-state index in [1.54, 1.807) is 30.3 Å². The van der Waals surface area contributed by atoms with Crippen molar-refractivity contribution >= 4 is 52.1 Å². The maximum atomic E-state index is 12.1. The number of anilines is 1. The molecule has 0 aromatic heterocycles. The lowest BCUT2D eigenvalue weighted by Gasteiger charge is -2.38. The molecule has 0 bridgehead atoms. The number of carbonyl (C=O) groups is 1. The lowest BCUT2D eigenvalue weighted by molar-refractivity contribution is -0.387. The summed E-state index contributed by atoms with van der Waals surface area (Å²) in [5.74, 6) is -2.35. The summed E-state index contributed by atoms with van der Waals surface area (Å²) in [5.41, 5.74) is 0.202. The van der Waals surface area contributed by atoms with E-state index in [4.69, 9.17) is 11.6 Å². The molecule has 200 valence electrons. The Morgan fingerprint density at radius 3 is 2.21 bits per heavy atom. The van der Waals surface area contributed by atoms with Crippen LogP contribution in [0.1, 0.15) is 39.9 Å². The number of benzene rings is 3. The largest absolute Gasteiger partial charge is 0.478 e. The Morgan fingerprint density at radius 2 is 1.59 bits per heavy atom. The number of nitrogens with zero attached hydrogens (tertiary/aromatic N) is 3. The summed E-state index contributed by atoms with van der Waals surface area (Å²) in [6.07, 6.45) is 0.387. The molecule has 0 spiro atoms. The lowest BCUT2D eigenvalue weighted by atomic mass is 9.75. The number of carboxylic acids is 1. The van der Waals surface area contributed by atoms with E-state index < -0.39 is 43.3 Å². The molecule has 5 atom stereocenters. The smallest absolute Gasteiger partial charge is 0.337 e. The van der Waals surface area contributed by atoms with Crippen LogP contribution in [0.25, 0.3) is 0 Å². The highest BCUT2D eigenvalue weighted by atomic mass is 35.5. The number of rotatable bonds is 7. The molecular weight excluding hydrogens is 552 g/mol. The van der Waals surface area contributed by atoms with Gasteiger partial charge in [0, 0.05) is 35.4 Å². The van der Waals surface area contributed by atoms with E-state index in [1.807, 2.05) is 0 Å². The van der Waals surface area contributed by atoms with Crippen LogP contribution in [0.3, 0.4) is 0 Å². The van der Waals surface area contributed by atoms with Crippen LogP contribution in [0.2, 0.25) is 0 Å². The molecule has 1 heterocycles. The molecular formula is C25H19ClN4O8S. The van der Waals surface area contributed by atoms with Crippen molar-refractivity contribution in [3.8, 4) is 0 Å². The molecule has 39 heavy (non-hydrogen) atoms. The number of carboxylic acid groups (broad SMARTS) is 1. The van der Waals surface area contributed by atoms with Gasteiger partial charge >= 0.3 is 5.97 Å². The van der Waals surface area contributed by atoms with Gasteiger partial charge in [-0.1, -0.05) is 24.3 Å². The summed E-state index contributed by atoms with van der Waals surface area (Å²) < 4.78 is 0. The number of nitrogens with one attached hydrogen (secondary N) is 1. The van der Waals surface area contributed by atoms with Gasteiger partial charge < -0.3 is 10.4 Å². The summed E-state index contributed by atoms with van der Waals surface area (Å²) in [4.78, 5) is 45.7. The standard InChI is InChI=1S/C25H19ClN4O8S/c26-22-19(39-18-4-2-1-3-16(18)29(35)36)11-15-20(22)21-17(30(37)38)10-9-14(25(31)32)24(21)27-23(15)12-5-7-13(8-6-12)28(33)34/h1-10,15,19-20,22-23,27H,11H2,(H,31,32)/t15-,19+,20-,22-,23+/m1/s1. The van der Waals surface area contributed by atoms with Gasteiger partial charge in [0.2, 0.25) is 0 Å². The molecule has 2 N–H and O–H groups in total. The minimum atomic E-state index is -1.29. The maximum absolute atomic E-state index is 12.1. The zero-order chi connectivity index (χ0) is 28.0. The van der Waals surface area contributed by atoms with Gasteiger partial charge in [0.25, 0.3) is 17.1 Å². The fourth-order valence-electron chi connectivity index (χ4n) is 5.55. The average molecular weight is 571 g/mol. The van der Waals surface area contributed by atoms with E-state index in [2.05, 4.69) is 5.32 Å². The Kier molecular flexibility index (Phi) is 6.87. The summed E-state index contributed by atoms with van der Waals surface area (Å²) in [6.45, 7) is 0. The summed E-state index contributed by atoms with van der Waals surface area (Å²) >= 11 is 8.22. The highest BCUT2D eigenvalue weighted by Crippen LogP contribution is 2.60. The normalized spacial score (nSPS) is 23.3. The Morgan fingerprint density at radius 1 is 0.923 bits per heavy atom. The van der Waals surface area contributed by atoms with Crippen LogP contribution in [0.15, 0.2) is 65.6 Å². The van der Waals surface area contributed by atoms with Crippen LogP contribution in [-0.4, -0.2) is 36.5 Å². The number of para-hydroxylation sites is 1. The fraction of sp³-hybridized carbons (Fsp3) is 0.240. The molecule has 14 heteroatoms. The monoisotopic (exact) mass is 570 g/mol. The van der Waals surface area contributed by atoms with Crippen LogP contribution >= 0.6 is 23.4 Å². The Balaban J connectivity index is 1.65. The van der Waals surface area contributed by atoms with Crippen LogP contribution < -0.4 is 5.32 Å². The lowest BCUT2D eigenvalue weighted by Crippen LogP contribution is -2.33. The van der Waals surface area contributed by atoms with Gasteiger partial charge in [-0.3, -0.25) is 30.3 Å². The molecule has 0 saturated heterocycles. The first-order chi connectivity index (χ1) is 18.6. The van der Waals surface area contributed by atoms with Crippen LogP contribution in [-0.2, 0) is 0 Å². The van der Waals surface area contributed by atoms with E-state index in [0.717, 1.165) is 12.1 Å². The highest BCUT2D eigenvalue weighted by Gasteiger charge is 2.53. The minimum Gasteiger partial charge on any atom is -0.478 e. The summed E-state index contributed by atoms with van der Waals surface area (Å²) in [7, 11) is 0. The quantitative estimate of drug-likeness (QED) is 0.190. The fourth-order valence-corrected chi connectivity index (χ4v) is 7.48. The van der Waals surface area contributed by atoms with Gasteiger partial charge in [-0.05, 0) is 30.0 Å². The zero-order valence-corrected chi connectivity index (χ0v) is 21.4. The molecule has 1 aliphatic heterocycles. The first-order valence-electron chi connectivity index (χ1n) is 11.7. The third kappa shape index (κ3) is 4.63. The van der Waals surface area contributed by atoms with Gasteiger partial charge in [0.05, 0.1) is 47.9 Å². The number of non-ortho nitro benzene ring substituents is 1. The Labute approximate surface area is 229 Å². The number of nitro benzene ring substituents is 3. The van der Waals surface area contributed by atoms with E-state index in [0.29, 0.717) is 16.9 Å². The molecule has 1 fully saturated rings. The molecule has 1 saturated carbocycles. The van der Waals surface area contributed by atoms with E-state index in [-0.39, 0.29) is 39.8 Å². The number of halogens is 1. The van der Waals surface area contributed by atoms with Crippen molar-refractivity contribution < 1.29 is 24.7 Å². The molecule has 0 radical (unpaired) electrons. The van der Waals surface area contributed by atoms with Gasteiger partial charge in [0.1, 0.15) is 0 Å². The van der Waals surface area contributed by atoms with E-state index >= 15 is 0 Å². The van der Waals surface area contributed by atoms with E-state index in [9.17, 15) is 40.2 Å². The number of nitro groups is 3. The Hall–Kier alpha value is -4.23. The molecule has 5 rings (SSSR count). The summed E-state index contributed by atoms with van der Waals surface area (Å²) in [5, 5.41) is 46.7. The third-order valence-corrected chi connectivity index (χ3v) is 9.29. The first-order valence-corrected chi connectivity index (χ1v) is 13.0. The van der Waals surface area contributed by atoms with Gasteiger partial charge in [-0.25, -0.2) is 4.79 Å². The van der Waals surface area contributed by atoms with Crippen molar-refractivity contribution in [2.75, 3.05) is 5.32 Å². The predicted octanol–water partition coefficient (Wildman–Crippen LogP) is 6.15. The second-order valence-electron chi connectivity index (χ2n) is 9.20. The molecule has 0 amide bonds. The number of thioether (sulfide) groups is 1. The van der Waals surface area contributed by atoms with Crippen molar-refractivity contribution in [1.29, 1.82) is 0 Å². The van der Waals surface area contributed by atoms with Gasteiger partial charge in [-0.15, -0.1) is 23.4 Å². The van der Waals surface area contributed by atoms with Crippen molar-refractivity contribution in [1.82, 2.24) is 0 Å². The van der Waals surface area contributed by atoms with Crippen molar-refractivity contribution in [3.05, 3.63) is 108 Å². The van der Waals surface area contributed by atoms with Crippen LogP contribution in [0.4, 0.5) is 22.7 Å². The van der Waals surface area contributed by atoms with Crippen molar-refractivity contribution in [3.63, 3.8) is 0 Å². The van der Waals surface area contributed by atoms with Gasteiger partial charge in [0.15, 0.2) is 0 Å². The third-order valence-electron chi connectivity index (χ3n) is 7.18. The Bertz CT molecular complexity index is 1520. The average Bonchev–Trinajstić information content (AvgIpc) is 3.23. The molecule has 3 aromatic rings. The minimum absolute atomic E-state index is 0.0725. The van der Waals surface area contributed by atoms with Crippen LogP contribution in [0, 0.1) is 36.3 Å². The SMILES string of the molecule is O=C(O)c1ccc([N+](=O)[O-])c2c1N[C@@H](c1ccc([N+](=O)[O-])cc1)[C@@H]1C[C@H](Sc3ccccc3[N+](=O)[O-])[C@@H](Cl)[C@@H]21. The maximum Gasteiger partial charge on any atom is 0.337 e.